The molecule has 2 fully saturated rings. The van der Waals surface area contributed by atoms with Crippen LogP contribution in [0, 0.1) is 6.92 Å². The van der Waals surface area contributed by atoms with Crippen molar-refractivity contribution in [3.8, 4) is 0 Å². The Hall–Kier alpha value is -1.67. The summed E-state index contributed by atoms with van der Waals surface area (Å²) in [6, 6.07) is 4.77. The molecule has 0 bridgehead atoms. The van der Waals surface area contributed by atoms with Crippen LogP contribution < -0.4 is 10.2 Å². The molecule has 0 spiro atoms. The molecule has 1 N–H and O–H groups in total. The maximum Gasteiger partial charge on any atom is 0.322 e. The number of aromatic nitrogens is 1. The molecule has 2 aliphatic rings. The average Bonchev–Trinajstić information content (AvgIpc) is 2.96. The van der Waals surface area contributed by atoms with Crippen molar-refractivity contribution in [2.24, 2.45) is 0 Å². The summed E-state index contributed by atoms with van der Waals surface area (Å²) in [6.45, 7) is 1.94. The fraction of sp³-hybridized carbons (Fsp3) is 0.385. The second-order valence-corrected chi connectivity index (χ2v) is 8.84. The van der Waals surface area contributed by atoms with E-state index in [1.165, 1.54) is 0 Å². The second-order valence-electron chi connectivity index (χ2n) is 5.46. The number of amides is 2. The molecule has 2 amide bonds. The molecule has 0 saturated carbocycles. The number of nitrogens with zero attached hydrogens (tertiary/aromatic N) is 2. The minimum atomic E-state index is -3.07. The number of urea groups is 1. The van der Waals surface area contributed by atoms with Gasteiger partial charge >= 0.3 is 6.03 Å². The number of hydrogen-bond donors (Lipinski definition) is 1. The Morgan fingerprint density at radius 1 is 1.38 bits per heavy atom. The third kappa shape index (κ3) is 2.01. The van der Waals surface area contributed by atoms with E-state index in [9.17, 15) is 13.2 Å². The monoisotopic (exact) mass is 323 g/mol. The number of hydrogen-bond acceptors (Lipinski definition) is 5. The zero-order chi connectivity index (χ0) is 14.8. The topological polar surface area (TPSA) is 79.4 Å². The first-order chi connectivity index (χ1) is 9.93. The SMILES string of the molecule is Cc1nc2ccc(N3C(=O)N[C@@H]4CS(=O)(=O)C[C@@H]43)cc2s1. The maximum absolute atomic E-state index is 12.1. The molecule has 4 rings (SSSR count). The Bertz CT molecular complexity index is 859. The van der Waals surface area contributed by atoms with Gasteiger partial charge in [0.1, 0.15) is 0 Å². The highest BCUT2D eigenvalue weighted by atomic mass is 32.2. The van der Waals surface area contributed by atoms with Gasteiger partial charge in [-0.3, -0.25) is 4.90 Å². The van der Waals surface area contributed by atoms with Gasteiger partial charge in [0, 0.05) is 5.69 Å². The van der Waals surface area contributed by atoms with Gasteiger partial charge in [0.25, 0.3) is 0 Å². The van der Waals surface area contributed by atoms with Gasteiger partial charge in [-0.1, -0.05) is 0 Å². The summed E-state index contributed by atoms with van der Waals surface area (Å²) < 4.78 is 24.5. The van der Waals surface area contributed by atoms with Crippen molar-refractivity contribution < 1.29 is 13.2 Å². The predicted octanol–water partition coefficient (Wildman–Crippen LogP) is 1.30. The zero-order valence-electron chi connectivity index (χ0n) is 11.2. The van der Waals surface area contributed by atoms with Crippen molar-refractivity contribution in [3.63, 3.8) is 0 Å². The number of anilines is 1. The van der Waals surface area contributed by atoms with Gasteiger partial charge < -0.3 is 5.32 Å². The van der Waals surface area contributed by atoms with Crippen molar-refractivity contribution in [1.82, 2.24) is 10.3 Å². The van der Waals surface area contributed by atoms with Crippen LogP contribution in [0.3, 0.4) is 0 Å². The normalized spacial score (nSPS) is 27.1. The Morgan fingerprint density at radius 2 is 2.19 bits per heavy atom. The standard InChI is InChI=1S/C13H13N3O3S2/c1-7-14-9-3-2-8(4-12(9)20-7)16-11-6-21(18,19)5-10(11)15-13(16)17/h2-4,10-11H,5-6H2,1H3,(H,15,17)/t10-,11+/m1/s1. The van der Waals surface area contributed by atoms with E-state index in [-0.39, 0.29) is 29.6 Å². The van der Waals surface area contributed by atoms with Gasteiger partial charge in [0.05, 0.1) is 38.8 Å². The third-order valence-corrected chi connectivity index (χ3v) is 6.59. The Labute approximate surface area is 125 Å². The number of carbonyl (C=O) groups is 1. The van der Waals surface area contributed by atoms with Crippen molar-refractivity contribution in [3.05, 3.63) is 23.2 Å². The lowest BCUT2D eigenvalue weighted by Gasteiger charge is -2.21. The highest BCUT2D eigenvalue weighted by molar-refractivity contribution is 7.91. The summed E-state index contributed by atoms with van der Waals surface area (Å²) in [5.41, 5.74) is 1.63. The molecule has 21 heavy (non-hydrogen) atoms. The molecular weight excluding hydrogens is 310 g/mol. The molecule has 2 atom stereocenters. The van der Waals surface area contributed by atoms with Crippen LogP contribution >= 0.6 is 11.3 Å². The van der Waals surface area contributed by atoms with Crippen LogP contribution in [0.2, 0.25) is 0 Å². The quantitative estimate of drug-likeness (QED) is 0.802. The summed E-state index contributed by atoms with van der Waals surface area (Å²) in [5.74, 6) is 0.0536. The molecule has 3 heterocycles. The van der Waals surface area contributed by atoms with E-state index in [0.717, 1.165) is 20.9 Å². The van der Waals surface area contributed by atoms with Gasteiger partial charge in [0.2, 0.25) is 0 Å². The first kappa shape index (κ1) is 13.0. The smallest absolute Gasteiger partial charge is 0.322 e. The maximum atomic E-state index is 12.1. The Kier molecular flexibility index (Phi) is 2.59. The average molecular weight is 323 g/mol. The molecule has 0 aliphatic carbocycles. The van der Waals surface area contributed by atoms with Crippen LogP contribution in [0.5, 0.6) is 0 Å². The fourth-order valence-corrected chi connectivity index (χ4v) is 5.84. The van der Waals surface area contributed by atoms with Crippen LogP contribution in [0.1, 0.15) is 5.01 Å². The first-order valence-electron chi connectivity index (χ1n) is 6.60. The lowest BCUT2D eigenvalue weighted by atomic mass is 10.1. The van der Waals surface area contributed by atoms with Crippen molar-refractivity contribution in [2.75, 3.05) is 16.4 Å². The van der Waals surface area contributed by atoms with E-state index in [1.54, 1.807) is 16.2 Å². The van der Waals surface area contributed by atoms with Crippen LogP contribution in [0.25, 0.3) is 10.2 Å². The summed E-state index contributed by atoms with van der Waals surface area (Å²) >= 11 is 1.56. The van der Waals surface area contributed by atoms with Gasteiger partial charge in [-0.15, -0.1) is 11.3 Å². The lowest BCUT2D eigenvalue weighted by Crippen LogP contribution is -2.36. The molecule has 6 nitrogen and oxygen atoms in total. The highest BCUT2D eigenvalue weighted by Crippen LogP contribution is 2.32. The summed E-state index contributed by atoms with van der Waals surface area (Å²) in [5, 5.41) is 3.74. The molecular formula is C13H13N3O3S2. The number of sulfone groups is 1. The van der Waals surface area contributed by atoms with E-state index < -0.39 is 9.84 Å². The number of carbonyl (C=O) groups excluding carboxylic acids is 1. The number of aryl methyl sites for hydroxylation is 1. The molecule has 0 unspecified atom stereocenters. The molecule has 110 valence electrons. The number of fused-ring (bicyclic) bond motifs is 2. The number of nitrogens with one attached hydrogen (secondary N) is 1. The lowest BCUT2D eigenvalue weighted by molar-refractivity contribution is 0.251. The van der Waals surface area contributed by atoms with Gasteiger partial charge in [-0.25, -0.2) is 18.2 Å². The fourth-order valence-electron chi connectivity index (χ4n) is 3.09. The largest absolute Gasteiger partial charge is 0.332 e. The second kappa shape index (κ2) is 4.17. The van der Waals surface area contributed by atoms with E-state index >= 15 is 0 Å². The highest BCUT2D eigenvalue weighted by Gasteiger charge is 2.49. The van der Waals surface area contributed by atoms with Crippen molar-refractivity contribution >= 4 is 43.1 Å². The van der Waals surface area contributed by atoms with E-state index in [4.69, 9.17) is 0 Å². The number of thiazole rings is 1. The minimum absolute atomic E-state index is 0.0240. The molecule has 1 aromatic carbocycles. The summed E-state index contributed by atoms with van der Waals surface area (Å²) in [7, 11) is -3.07. The Morgan fingerprint density at radius 3 is 3.00 bits per heavy atom. The van der Waals surface area contributed by atoms with Crippen LogP contribution in [0.4, 0.5) is 10.5 Å². The third-order valence-electron chi connectivity index (χ3n) is 3.94. The Balaban J connectivity index is 1.78. The zero-order valence-corrected chi connectivity index (χ0v) is 12.9. The first-order valence-corrected chi connectivity index (χ1v) is 9.24. The van der Waals surface area contributed by atoms with E-state index in [2.05, 4.69) is 10.3 Å². The van der Waals surface area contributed by atoms with Crippen LogP contribution in [-0.4, -0.2) is 43.0 Å². The number of rotatable bonds is 1. The summed E-state index contributed by atoms with van der Waals surface area (Å²) in [4.78, 5) is 18.1. The molecule has 1 aromatic heterocycles. The van der Waals surface area contributed by atoms with E-state index in [0.29, 0.717) is 0 Å². The molecule has 2 aliphatic heterocycles. The van der Waals surface area contributed by atoms with Crippen LogP contribution in [-0.2, 0) is 9.84 Å². The van der Waals surface area contributed by atoms with E-state index in [1.807, 2.05) is 25.1 Å². The van der Waals surface area contributed by atoms with Crippen molar-refractivity contribution in [2.45, 2.75) is 19.0 Å². The van der Waals surface area contributed by atoms with Gasteiger partial charge in [0.15, 0.2) is 9.84 Å². The van der Waals surface area contributed by atoms with Gasteiger partial charge in [-0.2, -0.15) is 0 Å². The molecule has 8 heteroatoms. The summed E-state index contributed by atoms with van der Waals surface area (Å²) in [6.07, 6.45) is 0. The predicted molar refractivity (Wildman–Crippen MR) is 81.6 cm³/mol. The molecule has 2 saturated heterocycles. The van der Waals surface area contributed by atoms with Gasteiger partial charge in [-0.05, 0) is 25.1 Å². The number of benzene rings is 1. The van der Waals surface area contributed by atoms with Crippen LogP contribution in [0.15, 0.2) is 18.2 Å². The minimum Gasteiger partial charge on any atom is -0.332 e. The molecule has 2 aromatic rings. The van der Waals surface area contributed by atoms with Crippen molar-refractivity contribution in [1.29, 1.82) is 0 Å². The molecule has 0 radical (unpaired) electrons.